The summed E-state index contributed by atoms with van der Waals surface area (Å²) in [6.45, 7) is 5.75. The van der Waals surface area contributed by atoms with E-state index in [0.717, 1.165) is 37.8 Å². The fourth-order valence-electron chi connectivity index (χ4n) is 4.64. The molecule has 8 nitrogen and oxygen atoms in total. The van der Waals surface area contributed by atoms with Crippen LogP contribution in [-0.4, -0.2) is 49.2 Å². The molecule has 2 amide bonds. The number of primary amides is 1. The predicted molar refractivity (Wildman–Crippen MR) is 161 cm³/mol. The van der Waals surface area contributed by atoms with E-state index in [9.17, 15) is 9.59 Å². The molecule has 3 rings (SSSR count). The summed E-state index contributed by atoms with van der Waals surface area (Å²) in [6, 6.07) is 12.0. The van der Waals surface area contributed by atoms with E-state index in [1.165, 1.54) is 19.3 Å². The number of hydrogen-bond acceptors (Lipinski definition) is 6. The maximum absolute atomic E-state index is 13.0. The fraction of sp³-hybridized carbons (Fsp3) is 0.533. The van der Waals surface area contributed by atoms with Crippen LogP contribution in [0.5, 0.6) is 11.5 Å². The lowest BCUT2D eigenvalue weighted by molar-refractivity contribution is 0.0939. The first kappa shape index (κ1) is 32.1. The van der Waals surface area contributed by atoms with E-state index in [1.54, 1.807) is 36.4 Å². The molecule has 1 aliphatic rings. The number of halogens is 1. The minimum atomic E-state index is -1.26. The summed E-state index contributed by atoms with van der Waals surface area (Å²) in [5.74, 6) is 1.48. The molecule has 0 spiro atoms. The first-order valence-electron chi connectivity index (χ1n) is 14.2. The lowest BCUT2D eigenvalue weighted by Crippen LogP contribution is -2.27. The van der Waals surface area contributed by atoms with Gasteiger partial charge in [0.2, 0.25) is 0 Å². The number of nitrogens with zero attached hydrogens (tertiary/aromatic N) is 1. The SMILES string of the molecule is CCOP(Oc1ccc(C(=O)NC(C)c2ccc(OCC3CCCCC3)c(C(N)=O)c2)cc1)N(C)CCCCCl. The number of alkyl halides is 1. The Morgan fingerprint density at radius 3 is 2.50 bits per heavy atom. The predicted octanol–water partition coefficient (Wildman–Crippen LogP) is 6.83. The highest BCUT2D eigenvalue weighted by molar-refractivity contribution is 7.45. The molecule has 0 bridgehead atoms. The second kappa shape index (κ2) is 16.8. The molecular weight excluding hydrogens is 549 g/mol. The van der Waals surface area contributed by atoms with Crippen molar-refractivity contribution < 1.29 is 23.4 Å². The number of rotatable bonds is 16. The second-order valence-corrected chi connectivity index (χ2v) is 12.2. The molecular formula is C30H43ClN3O5P. The smallest absolute Gasteiger partial charge is 0.320 e. The van der Waals surface area contributed by atoms with Crippen LogP contribution in [0, 0.1) is 5.92 Å². The van der Waals surface area contributed by atoms with Gasteiger partial charge in [0.15, 0.2) is 0 Å². The van der Waals surface area contributed by atoms with Crippen LogP contribution < -0.4 is 20.3 Å². The van der Waals surface area contributed by atoms with Gasteiger partial charge in [0, 0.05) is 18.0 Å². The zero-order valence-electron chi connectivity index (χ0n) is 23.9. The molecule has 2 atom stereocenters. The van der Waals surface area contributed by atoms with E-state index in [1.807, 2.05) is 27.0 Å². The summed E-state index contributed by atoms with van der Waals surface area (Å²) in [5, 5.41) is 3.00. The van der Waals surface area contributed by atoms with Crippen LogP contribution in [0.2, 0.25) is 0 Å². The Bertz CT molecular complexity index is 1080. The first-order chi connectivity index (χ1) is 19.3. The zero-order valence-corrected chi connectivity index (χ0v) is 25.5. The topological polar surface area (TPSA) is 103 Å². The number of ether oxygens (including phenoxy) is 1. The zero-order chi connectivity index (χ0) is 28.9. The Morgan fingerprint density at radius 2 is 1.85 bits per heavy atom. The Morgan fingerprint density at radius 1 is 1.12 bits per heavy atom. The molecule has 1 fully saturated rings. The van der Waals surface area contributed by atoms with Crippen LogP contribution in [0.3, 0.4) is 0 Å². The average Bonchev–Trinajstić information content (AvgIpc) is 2.96. The molecule has 2 aromatic rings. The standard InChI is InChI=1S/C30H43ClN3O5P/c1-4-38-40(34(3)19-9-8-18-31)39-26-15-12-24(13-16-26)30(36)33-22(2)25-14-17-28(27(20-25)29(32)35)37-21-23-10-6-5-7-11-23/h12-17,20,22-23H,4-11,18-19,21H2,1-3H3,(H2,32,35)(H,33,36). The van der Waals surface area contributed by atoms with Gasteiger partial charge in [-0.15, -0.1) is 11.6 Å². The Labute approximate surface area is 244 Å². The number of unbranched alkanes of at least 4 members (excludes halogenated alkanes) is 1. The van der Waals surface area contributed by atoms with E-state index >= 15 is 0 Å². The number of nitrogens with two attached hydrogens (primary N) is 1. The van der Waals surface area contributed by atoms with Crippen LogP contribution in [0.4, 0.5) is 0 Å². The third-order valence-electron chi connectivity index (χ3n) is 7.00. The summed E-state index contributed by atoms with van der Waals surface area (Å²) in [5.41, 5.74) is 7.26. The maximum atomic E-state index is 13.0. The minimum Gasteiger partial charge on any atom is -0.492 e. The van der Waals surface area contributed by atoms with Crippen molar-refractivity contribution in [1.82, 2.24) is 9.99 Å². The van der Waals surface area contributed by atoms with Gasteiger partial charge < -0.3 is 24.8 Å². The van der Waals surface area contributed by atoms with Crippen molar-refractivity contribution in [2.24, 2.45) is 11.7 Å². The van der Waals surface area contributed by atoms with Crippen molar-refractivity contribution in [3.8, 4) is 11.5 Å². The van der Waals surface area contributed by atoms with Crippen molar-refractivity contribution in [2.45, 2.75) is 64.8 Å². The maximum Gasteiger partial charge on any atom is 0.320 e. The van der Waals surface area contributed by atoms with Gasteiger partial charge in [-0.3, -0.25) is 9.59 Å². The van der Waals surface area contributed by atoms with Gasteiger partial charge in [0.25, 0.3) is 11.8 Å². The minimum absolute atomic E-state index is 0.234. The number of nitrogens with one attached hydrogen (secondary N) is 1. The summed E-state index contributed by atoms with van der Waals surface area (Å²) in [7, 11) is 0.709. The van der Waals surface area contributed by atoms with Crippen LogP contribution in [0.25, 0.3) is 0 Å². The van der Waals surface area contributed by atoms with Gasteiger partial charge in [-0.1, -0.05) is 25.3 Å². The van der Waals surface area contributed by atoms with Gasteiger partial charge in [0.1, 0.15) is 11.5 Å². The van der Waals surface area contributed by atoms with Crippen molar-refractivity contribution in [2.75, 3.05) is 32.7 Å². The lowest BCUT2D eigenvalue weighted by atomic mass is 9.90. The quantitative estimate of drug-likeness (QED) is 0.126. The van der Waals surface area contributed by atoms with E-state index < -0.39 is 14.4 Å². The van der Waals surface area contributed by atoms with Crippen LogP contribution in [0.15, 0.2) is 42.5 Å². The molecule has 0 radical (unpaired) electrons. The molecule has 2 aromatic carbocycles. The van der Waals surface area contributed by atoms with Crippen LogP contribution in [0.1, 0.15) is 91.1 Å². The van der Waals surface area contributed by atoms with Crippen molar-refractivity contribution in [1.29, 1.82) is 0 Å². The number of carbonyl (C=O) groups excluding carboxylic acids is 2. The summed E-state index contributed by atoms with van der Waals surface area (Å²) in [6.07, 6.45) is 7.94. The summed E-state index contributed by atoms with van der Waals surface area (Å²) in [4.78, 5) is 25.2. The van der Waals surface area contributed by atoms with Crippen molar-refractivity contribution in [3.05, 3.63) is 59.2 Å². The van der Waals surface area contributed by atoms with Crippen LogP contribution in [-0.2, 0) is 4.52 Å². The van der Waals surface area contributed by atoms with E-state index in [0.29, 0.717) is 47.6 Å². The first-order valence-corrected chi connectivity index (χ1v) is 15.8. The Hall–Kier alpha value is -2.38. The van der Waals surface area contributed by atoms with Crippen molar-refractivity contribution in [3.63, 3.8) is 0 Å². The van der Waals surface area contributed by atoms with Crippen LogP contribution >= 0.6 is 20.1 Å². The van der Waals surface area contributed by atoms with Gasteiger partial charge in [-0.2, -0.15) is 0 Å². The highest BCUT2D eigenvalue weighted by Gasteiger charge is 2.21. The summed E-state index contributed by atoms with van der Waals surface area (Å²) < 4.78 is 20.0. The molecule has 1 saturated carbocycles. The molecule has 10 heteroatoms. The number of carbonyl (C=O) groups is 2. The molecule has 3 N–H and O–H groups in total. The average molecular weight is 592 g/mol. The third-order valence-corrected chi connectivity index (χ3v) is 8.87. The molecule has 0 heterocycles. The van der Waals surface area contributed by atoms with E-state index in [4.69, 9.17) is 31.1 Å². The number of amides is 2. The fourth-order valence-corrected chi connectivity index (χ4v) is 6.05. The normalized spacial score (nSPS) is 15.4. The molecule has 40 heavy (non-hydrogen) atoms. The second-order valence-electron chi connectivity index (χ2n) is 10.2. The highest BCUT2D eigenvalue weighted by Crippen LogP contribution is 2.42. The number of benzene rings is 2. The van der Waals surface area contributed by atoms with Gasteiger partial charge in [-0.25, -0.2) is 4.67 Å². The van der Waals surface area contributed by atoms with Crippen molar-refractivity contribution >= 4 is 31.9 Å². The van der Waals surface area contributed by atoms with E-state index in [2.05, 4.69) is 9.99 Å². The molecule has 0 aliphatic heterocycles. The highest BCUT2D eigenvalue weighted by atomic mass is 35.5. The molecule has 220 valence electrons. The van der Waals surface area contributed by atoms with E-state index in [-0.39, 0.29) is 11.9 Å². The molecule has 0 aromatic heterocycles. The molecule has 1 aliphatic carbocycles. The molecule has 2 unspecified atom stereocenters. The Kier molecular flexibility index (Phi) is 13.5. The lowest BCUT2D eigenvalue weighted by Gasteiger charge is -2.25. The third kappa shape index (κ3) is 9.91. The van der Waals surface area contributed by atoms with Gasteiger partial charge in [0.05, 0.1) is 24.8 Å². The largest absolute Gasteiger partial charge is 0.492 e. The monoisotopic (exact) mass is 591 g/mol. The van der Waals surface area contributed by atoms with Gasteiger partial charge >= 0.3 is 8.53 Å². The van der Waals surface area contributed by atoms with Gasteiger partial charge in [-0.05, 0) is 94.5 Å². The number of hydrogen-bond donors (Lipinski definition) is 2. The Balaban J connectivity index is 1.59. The molecule has 0 saturated heterocycles. The summed E-state index contributed by atoms with van der Waals surface area (Å²) >= 11 is 5.79.